The minimum atomic E-state index is -1.45. The number of ether oxygens (including phenoxy) is 1. The van der Waals surface area contributed by atoms with Gasteiger partial charge in [-0.25, -0.2) is 0 Å². The van der Waals surface area contributed by atoms with E-state index in [1.807, 2.05) is 0 Å². The van der Waals surface area contributed by atoms with Crippen molar-refractivity contribution in [1.82, 2.24) is 25.0 Å². The van der Waals surface area contributed by atoms with Crippen molar-refractivity contribution in [2.24, 2.45) is 7.05 Å². The number of hydrogen-bond acceptors (Lipinski definition) is 9. The molecule has 0 unspecified atom stereocenters. The third-order valence-corrected chi connectivity index (χ3v) is 6.72. The number of carbonyl (C=O) groups is 6. The number of rotatable bonds is 11. The van der Waals surface area contributed by atoms with Crippen LogP contribution in [0.15, 0.2) is 18.3 Å². The molecule has 0 radical (unpaired) electrons. The molecular weight excluding hydrogens is 502 g/mol. The number of aromatic nitrogens is 1. The second-order valence-corrected chi connectivity index (χ2v) is 9.46. The van der Waals surface area contributed by atoms with E-state index >= 15 is 0 Å². The molecule has 14 heteroatoms. The zero-order valence-electron chi connectivity index (χ0n) is 21.2. The Kier molecular flexibility index (Phi) is 9.45. The maximum absolute atomic E-state index is 12.8. The quantitative estimate of drug-likeness (QED) is 0.286. The van der Waals surface area contributed by atoms with Crippen LogP contribution in [0, 0.1) is 0 Å². The number of hydrogen-bond donors (Lipinski definition) is 2. The van der Waals surface area contributed by atoms with Crippen molar-refractivity contribution < 1.29 is 43.7 Å². The van der Waals surface area contributed by atoms with Gasteiger partial charge in [0.2, 0.25) is 17.7 Å². The van der Waals surface area contributed by atoms with Gasteiger partial charge in [-0.2, -0.15) is 0 Å². The smallest absolute Gasteiger partial charge is 0.268 e. The van der Waals surface area contributed by atoms with E-state index in [4.69, 9.17) is 4.74 Å². The van der Waals surface area contributed by atoms with E-state index in [-0.39, 0.29) is 51.8 Å². The van der Waals surface area contributed by atoms with Crippen molar-refractivity contribution in [3.63, 3.8) is 0 Å². The number of carboxylic acid groups (broad SMARTS) is 2. The SMILES string of the molecule is COCC(=O)N[C@H]1C[C@@H](C(=O)[O-])N(C(=O)CCCC(=O)N2C[C@@H](NC(=O)c3cccn3C)C[C@H]2C(=O)[O-])C1. The molecule has 14 nitrogen and oxygen atoms in total. The molecule has 2 saturated heterocycles. The Morgan fingerprint density at radius 2 is 1.45 bits per heavy atom. The molecule has 3 heterocycles. The molecule has 2 aliphatic heterocycles. The third kappa shape index (κ3) is 6.88. The minimum Gasteiger partial charge on any atom is -0.548 e. The van der Waals surface area contributed by atoms with Crippen molar-refractivity contribution in [2.45, 2.75) is 56.3 Å². The Labute approximate surface area is 218 Å². The highest BCUT2D eigenvalue weighted by atomic mass is 16.5. The van der Waals surface area contributed by atoms with Gasteiger partial charge in [0.25, 0.3) is 5.91 Å². The summed E-state index contributed by atoms with van der Waals surface area (Å²) in [4.78, 5) is 75.2. The summed E-state index contributed by atoms with van der Waals surface area (Å²) in [6.07, 6.45) is 1.39. The van der Waals surface area contributed by atoms with Crippen LogP contribution in [0.25, 0.3) is 0 Å². The molecule has 0 aliphatic carbocycles. The Morgan fingerprint density at radius 1 is 0.921 bits per heavy atom. The molecule has 2 N–H and O–H groups in total. The predicted molar refractivity (Wildman–Crippen MR) is 125 cm³/mol. The van der Waals surface area contributed by atoms with Crippen LogP contribution in [0.2, 0.25) is 0 Å². The first-order valence-electron chi connectivity index (χ1n) is 12.2. The first-order chi connectivity index (χ1) is 18.0. The minimum absolute atomic E-state index is 0.0135. The lowest BCUT2D eigenvalue weighted by atomic mass is 10.1. The zero-order valence-corrected chi connectivity index (χ0v) is 21.2. The second-order valence-electron chi connectivity index (χ2n) is 9.46. The average Bonchev–Trinajstić information content (AvgIpc) is 3.57. The first kappa shape index (κ1) is 28.6. The fraction of sp³-hybridized carbons (Fsp3) is 0.583. The number of methoxy groups -OCH3 is 1. The van der Waals surface area contributed by atoms with Crippen molar-refractivity contribution in [3.8, 4) is 0 Å². The maximum atomic E-state index is 12.8. The van der Waals surface area contributed by atoms with Gasteiger partial charge >= 0.3 is 0 Å². The molecule has 0 spiro atoms. The molecule has 2 aliphatic rings. The van der Waals surface area contributed by atoms with E-state index < -0.39 is 59.7 Å². The summed E-state index contributed by atoms with van der Waals surface area (Å²) in [6, 6.07) is -0.317. The lowest BCUT2D eigenvalue weighted by molar-refractivity contribution is -0.311. The molecule has 0 aromatic carbocycles. The number of carboxylic acids is 2. The number of aliphatic carboxylic acids is 2. The van der Waals surface area contributed by atoms with Gasteiger partial charge in [-0.1, -0.05) is 0 Å². The van der Waals surface area contributed by atoms with Gasteiger partial charge in [-0.05, 0) is 31.4 Å². The van der Waals surface area contributed by atoms with Crippen molar-refractivity contribution in [2.75, 3.05) is 26.8 Å². The highest BCUT2D eigenvalue weighted by Crippen LogP contribution is 2.22. The monoisotopic (exact) mass is 533 g/mol. The molecule has 208 valence electrons. The largest absolute Gasteiger partial charge is 0.548 e. The summed E-state index contributed by atoms with van der Waals surface area (Å²) >= 11 is 0. The predicted octanol–water partition coefficient (Wildman–Crippen LogP) is -3.87. The van der Waals surface area contributed by atoms with Crippen LogP contribution >= 0.6 is 0 Å². The Balaban J connectivity index is 1.52. The molecule has 2 fully saturated rings. The molecular formula is C24H31N5O9-2. The van der Waals surface area contributed by atoms with Gasteiger partial charge in [0.15, 0.2) is 0 Å². The first-order valence-corrected chi connectivity index (χ1v) is 12.2. The molecule has 1 aromatic rings. The highest BCUT2D eigenvalue weighted by molar-refractivity contribution is 5.93. The van der Waals surface area contributed by atoms with E-state index in [0.717, 1.165) is 9.80 Å². The fourth-order valence-corrected chi connectivity index (χ4v) is 4.91. The molecule has 0 saturated carbocycles. The molecule has 4 amide bonds. The molecule has 1 aromatic heterocycles. The van der Waals surface area contributed by atoms with Gasteiger partial charge in [0.1, 0.15) is 12.3 Å². The maximum Gasteiger partial charge on any atom is 0.268 e. The van der Waals surface area contributed by atoms with E-state index in [1.165, 1.54) is 7.11 Å². The summed E-state index contributed by atoms with van der Waals surface area (Å²) in [6.45, 7) is -0.256. The molecule has 3 rings (SSSR count). The summed E-state index contributed by atoms with van der Waals surface area (Å²) in [5.41, 5.74) is 0.385. The van der Waals surface area contributed by atoms with E-state index in [1.54, 1.807) is 29.9 Å². The third-order valence-electron chi connectivity index (χ3n) is 6.72. The van der Waals surface area contributed by atoms with Crippen molar-refractivity contribution >= 4 is 35.6 Å². The molecule has 0 bridgehead atoms. The van der Waals surface area contributed by atoms with Crippen molar-refractivity contribution in [1.29, 1.82) is 0 Å². The van der Waals surface area contributed by atoms with Crippen LogP contribution in [-0.4, -0.2) is 101 Å². The Morgan fingerprint density at radius 3 is 1.89 bits per heavy atom. The van der Waals surface area contributed by atoms with Crippen LogP contribution in [0.5, 0.6) is 0 Å². The Hall–Kier alpha value is -3.94. The van der Waals surface area contributed by atoms with Gasteiger partial charge in [-0.3, -0.25) is 19.2 Å². The Bertz CT molecular complexity index is 1090. The van der Waals surface area contributed by atoms with E-state index in [2.05, 4.69) is 10.6 Å². The van der Waals surface area contributed by atoms with Gasteiger partial charge in [0, 0.05) is 58.4 Å². The van der Waals surface area contributed by atoms with Gasteiger partial charge in [-0.15, -0.1) is 0 Å². The fourth-order valence-electron chi connectivity index (χ4n) is 4.91. The molecule has 4 atom stereocenters. The highest BCUT2D eigenvalue weighted by Gasteiger charge is 2.38. The van der Waals surface area contributed by atoms with Crippen LogP contribution in [0.4, 0.5) is 0 Å². The lowest BCUT2D eigenvalue weighted by Crippen LogP contribution is -2.47. The average molecular weight is 534 g/mol. The van der Waals surface area contributed by atoms with Crippen LogP contribution < -0.4 is 20.8 Å². The summed E-state index contributed by atoms with van der Waals surface area (Å²) < 4.78 is 6.34. The van der Waals surface area contributed by atoms with Gasteiger partial charge < -0.3 is 49.5 Å². The molecule has 38 heavy (non-hydrogen) atoms. The van der Waals surface area contributed by atoms with Gasteiger partial charge in [0.05, 0.1) is 24.0 Å². The number of likely N-dealkylation sites (tertiary alicyclic amines) is 2. The summed E-state index contributed by atoms with van der Waals surface area (Å²) in [5.74, 6) is -4.79. The van der Waals surface area contributed by atoms with Crippen LogP contribution in [0.1, 0.15) is 42.6 Å². The van der Waals surface area contributed by atoms with E-state index in [9.17, 15) is 39.0 Å². The zero-order chi connectivity index (χ0) is 28.0. The number of carbonyl (C=O) groups excluding carboxylic acids is 6. The van der Waals surface area contributed by atoms with Crippen LogP contribution in [-0.2, 0) is 35.8 Å². The number of amides is 4. The lowest BCUT2D eigenvalue weighted by Gasteiger charge is -2.26. The van der Waals surface area contributed by atoms with Crippen molar-refractivity contribution in [3.05, 3.63) is 24.0 Å². The standard InChI is InChI=1S/C24H33N5O9/c1-27-8-4-5-16(27)22(33)26-15-10-18(24(36)37)29(12-15)21(32)7-3-6-20(31)28-11-14(9-17(28)23(34)35)25-19(30)13-38-2/h4-5,8,14-15,17-18H,3,6-7,9-13H2,1-2H3,(H,25,30)(H,26,33)(H,34,35)(H,36,37)/p-2/t14-,15-,17-,18-/m0/s1. The number of nitrogens with zero attached hydrogens (tertiary/aromatic N) is 3. The van der Waals surface area contributed by atoms with Crippen LogP contribution in [0.3, 0.4) is 0 Å². The normalized spacial score (nSPS) is 22.8. The number of nitrogens with one attached hydrogen (secondary N) is 2. The summed E-state index contributed by atoms with van der Waals surface area (Å²) in [7, 11) is 3.03. The summed E-state index contributed by atoms with van der Waals surface area (Å²) in [5, 5.41) is 28.5. The second kappa shape index (κ2) is 12.5. The number of aryl methyl sites for hydroxylation is 1. The van der Waals surface area contributed by atoms with E-state index in [0.29, 0.717) is 5.69 Å². The topological polar surface area (TPSA) is 193 Å².